The number of benzene rings is 1. The van der Waals surface area contributed by atoms with Gasteiger partial charge in [-0.05, 0) is 26.0 Å². The Morgan fingerprint density at radius 2 is 2.00 bits per heavy atom. The number of carbonyl (C=O) groups excluding carboxylic acids is 1. The minimum Gasteiger partial charge on any atom is -0.468 e. The largest absolute Gasteiger partial charge is 0.468 e. The zero-order chi connectivity index (χ0) is 29.5. The zero-order valence-electron chi connectivity index (χ0n) is 22.3. The number of aliphatic hydroxyl groups is 1. The van der Waals surface area contributed by atoms with E-state index in [1.54, 1.807) is 37.2 Å². The average Bonchev–Trinajstić information content (AvgIpc) is 3.39. The van der Waals surface area contributed by atoms with E-state index in [1.807, 2.05) is 0 Å². The highest BCUT2D eigenvalue weighted by molar-refractivity contribution is 7.52. The molecular formula is C23H30F2N7O7P. The monoisotopic (exact) mass is 585 g/mol. The lowest BCUT2D eigenvalue weighted by molar-refractivity contribution is -0.202. The van der Waals surface area contributed by atoms with Crippen molar-refractivity contribution in [3.8, 4) is 5.75 Å². The number of carbonyl (C=O) groups is 1. The van der Waals surface area contributed by atoms with Crippen LogP contribution in [-0.4, -0.2) is 82.1 Å². The van der Waals surface area contributed by atoms with Crippen LogP contribution in [-0.2, 0) is 23.4 Å². The second-order valence-electron chi connectivity index (χ2n) is 9.48. The maximum atomic E-state index is 16.1. The number of nitrogen functional groups attached to an aromatic ring is 1. The first-order chi connectivity index (χ1) is 18.7. The molecular weight excluding hydrogens is 555 g/mol. The number of rotatable bonds is 10. The van der Waals surface area contributed by atoms with Crippen LogP contribution in [0.1, 0.15) is 20.1 Å². The Morgan fingerprint density at radius 1 is 1.32 bits per heavy atom. The number of imidazole rings is 1. The molecule has 1 fully saturated rings. The summed E-state index contributed by atoms with van der Waals surface area (Å²) >= 11 is 0. The van der Waals surface area contributed by atoms with Gasteiger partial charge in [-0.1, -0.05) is 18.2 Å². The molecule has 4 rings (SSSR count). The summed E-state index contributed by atoms with van der Waals surface area (Å²) in [6.07, 6.45) is -3.09. The molecule has 2 aromatic heterocycles. The van der Waals surface area contributed by atoms with Gasteiger partial charge in [0.25, 0.3) is 5.85 Å². The molecule has 0 amide bonds. The molecule has 1 unspecified atom stereocenters. The highest BCUT2D eigenvalue weighted by Crippen LogP contribution is 2.52. The van der Waals surface area contributed by atoms with Gasteiger partial charge in [0.05, 0.1) is 13.4 Å². The lowest BCUT2D eigenvalue weighted by Crippen LogP contribution is -2.47. The van der Waals surface area contributed by atoms with Gasteiger partial charge in [-0.2, -0.15) is 15.1 Å². The summed E-state index contributed by atoms with van der Waals surface area (Å²) in [6.45, 7) is 0.975. The Morgan fingerprint density at radius 3 is 2.62 bits per heavy atom. The number of esters is 1. The van der Waals surface area contributed by atoms with Crippen LogP contribution in [0.25, 0.3) is 11.2 Å². The van der Waals surface area contributed by atoms with Crippen molar-refractivity contribution in [3.05, 3.63) is 36.7 Å². The molecule has 0 radical (unpaired) electrons. The summed E-state index contributed by atoms with van der Waals surface area (Å²) in [7, 11) is -0.0510. The molecule has 1 aliphatic heterocycles. The number of halogens is 2. The molecule has 0 saturated carbocycles. The highest BCUT2D eigenvalue weighted by atomic mass is 31.2. The van der Waals surface area contributed by atoms with Gasteiger partial charge in [0.2, 0.25) is 5.95 Å². The lowest BCUT2D eigenvalue weighted by Gasteiger charge is -2.28. The predicted octanol–water partition coefficient (Wildman–Crippen LogP) is 2.11. The predicted molar refractivity (Wildman–Crippen MR) is 139 cm³/mol. The summed E-state index contributed by atoms with van der Waals surface area (Å²) in [5.41, 5.74) is 3.30. The van der Waals surface area contributed by atoms with Crippen LogP contribution in [0.2, 0.25) is 0 Å². The maximum absolute atomic E-state index is 16.1. The van der Waals surface area contributed by atoms with Crippen LogP contribution in [0.15, 0.2) is 36.7 Å². The van der Waals surface area contributed by atoms with Crippen LogP contribution in [0, 0.1) is 0 Å². The van der Waals surface area contributed by atoms with Crippen molar-refractivity contribution in [2.75, 3.05) is 38.4 Å². The molecule has 6 atom stereocenters. The Hall–Kier alpha value is -3.43. The first-order valence-electron chi connectivity index (χ1n) is 12.0. The van der Waals surface area contributed by atoms with Gasteiger partial charge in [-0.25, -0.2) is 18.3 Å². The number of fused-ring (bicyclic) bond motifs is 1. The van der Waals surface area contributed by atoms with Crippen molar-refractivity contribution in [2.24, 2.45) is 0 Å². The number of nitrogens with two attached hydrogens (primary N) is 1. The summed E-state index contributed by atoms with van der Waals surface area (Å²) in [5.74, 6) is -3.83. The van der Waals surface area contributed by atoms with Crippen molar-refractivity contribution in [3.63, 3.8) is 0 Å². The van der Waals surface area contributed by atoms with Crippen molar-refractivity contribution in [1.29, 1.82) is 0 Å². The van der Waals surface area contributed by atoms with E-state index in [-0.39, 0.29) is 22.9 Å². The van der Waals surface area contributed by atoms with E-state index in [0.29, 0.717) is 5.82 Å². The van der Waals surface area contributed by atoms with E-state index in [9.17, 15) is 14.5 Å². The fraction of sp³-hybridized carbons (Fsp3) is 0.478. The van der Waals surface area contributed by atoms with E-state index in [2.05, 4.69) is 24.8 Å². The Kier molecular flexibility index (Phi) is 8.02. The summed E-state index contributed by atoms with van der Waals surface area (Å²) in [4.78, 5) is 25.9. The van der Waals surface area contributed by atoms with Crippen LogP contribution < -0.4 is 20.2 Å². The van der Waals surface area contributed by atoms with Crippen molar-refractivity contribution >= 4 is 36.6 Å². The summed E-state index contributed by atoms with van der Waals surface area (Å²) < 4.78 is 67.5. The van der Waals surface area contributed by atoms with E-state index in [4.69, 9.17) is 19.5 Å². The molecule has 40 heavy (non-hydrogen) atoms. The lowest BCUT2D eigenvalue weighted by atomic mass is 9.97. The molecule has 3 heterocycles. The molecule has 1 aliphatic rings. The normalized spacial score (nSPS) is 26.8. The first-order valence-corrected chi connectivity index (χ1v) is 13.5. The molecule has 0 aliphatic carbocycles. The number of hydrogen-bond donors (Lipinski definition) is 3. The van der Waals surface area contributed by atoms with E-state index in [0.717, 1.165) is 24.9 Å². The second kappa shape index (κ2) is 10.9. The number of aliphatic hydroxyl groups excluding tert-OH is 1. The third-order valence-electron chi connectivity index (χ3n) is 6.14. The third-order valence-corrected chi connectivity index (χ3v) is 7.76. The summed E-state index contributed by atoms with van der Waals surface area (Å²) in [5, 5.41) is 13.1. The van der Waals surface area contributed by atoms with Gasteiger partial charge in [-0.3, -0.25) is 13.9 Å². The summed E-state index contributed by atoms with van der Waals surface area (Å²) in [6, 6.07) is 6.51. The van der Waals surface area contributed by atoms with Crippen molar-refractivity contribution in [1.82, 2.24) is 24.6 Å². The van der Waals surface area contributed by atoms with E-state index < -0.39 is 50.2 Å². The Labute approximate surface area is 228 Å². The quantitative estimate of drug-likeness (QED) is 0.233. The molecule has 0 bridgehead atoms. The second-order valence-corrected chi connectivity index (χ2v) is 11.2. The van der Waals surface area contributed by atoms with Gasteiger partial charge in [0, 0.05) is 14.1 Å². The fourth-order valence-electron chi connectivity index (χ4n) is 4.11. The molecule has 17 heteroatoms. The number of anilines is 2. The number of alkyl halides is 2. The maximum Gasteiger partial charge on any atom is 0.459 e. The Bertz CT molecular complexity index is 1430. The number of nitrogens with zero attached hydrogens (tertiary/aromatic N) is 5. The first kappa shape index (κ1) is 29.6. The van der Waals surface area contributed by atoms with Crippen molar-refractivity contribution < 1.29 is 41.8 Å². The topological polar surface area (TPSA) is 176 Å². The van der Waals surface area contributed by atoms with Crippen LogP contribution >= 0.6 is 7.75 Å². The van der Waals surface area contributed by atoms with Crippen LogP contribution in [0.4, 0.5) is 20.5 Å². The minimum absolute atomic E-state index is 0.0223. The zero-order valence-corrected chi connectivity index (χ0v) is 23.2. The average molecular weight is 586 g/mol. The van der Waals surface area contributed by atoms with Crippen LogP contribution in [0.5, 0.6) is 5.75 Å². The van der Waals surface area contributed by atoms with Gasteiger partial charge in [0.15, 0.2) is 35.0 Å². The van der Waals surface area contributed by atoms with Gasteiger partial charge in [0.1, 0.15) is 18.4 Å². The molecule has 1 aromatic carbocycles. The standard InChI is InChI=1S/C23H30F2N7O7P/c1-13(18(33)36-5)30-40(35,39-14-9-7-6-8-10-14)37-11-23(25)19(34)22(2,24)20(38-23)32-12-27-15-16(31(3)4)28-21(26)29-17(15)32/h6-10,12-13,19-20,34H,11H2,1-5H3,(H,30,35)(H2,26,28,29)/t13-,19-,20+,22+,23+,40?/m0/s1. The van der Waals surface area contributed by atoms with Crippen molar-refractivity contribution in [2.45, 2.75) is 43.7 Å². The number of methoxy groups -OCH3 is 1. The van der Waals surface area contributed by atoms with E-state index >= 15 is 8.78 Å². The number of para-hydroxylation sites is 1. The fourth-order valence-corrected chi connectivity index (χ4v) is 5.62. The van der Waals surface area contributed by atoms with Gasteiger partial charge in [-0.15, -0.1) is 0 Å². The number of ether oxygens (including phenoxy) is 2. The Balaban J connectivity index is 1.64. The molecule has 218 valence electrons. The van der Waals surface area contributed by atoms with Gasteiger partial charge < -0.3 is 29.7 Å². The minimum atomic E-state index is -4.54. The van der Waals surface area contributed by atoms with Gasteiger partial charge >= 0.3 is 13.7 Å². The highest BCUT2D eigenvalue weighted by Gasteiger charge is 2.65. The molecule has 1 saturated heterocycles. The molecule has 14 nitrogen and oxygen atoms in total. The number of nitrogens with one attached hydrogen (secondary N) is 1. The SMILES string of the molecule is COC(=O)[C@H](C)NP(=O)(OC[C@@]1(F)O[C@@H](n2cnc3c(N(C)C)nc(N)nc32)[C@](C)(F)[C@@H]1O)Oc1ccccc1. The molecule has 3 aromatic rings. The number of hydrogen-bond acceptors (Lipinski definition) is 12. The molecule has 0 spiro atoms. The van der Waals surface area contributed by atoms with E-state index in [1.165, 1.54) is 19.1 Å². The third kappa shape index (κ3) is 5.58. The smallest absolute Gasteiger partial charge is 0.459 e. The van der Waals surface area contributed by atoms with Crippen LogP contribution in [0.3, 0.4) is 0 Å². The molecule has 4 N–H and O–H groups in total. The number of aromatic nitrogens is 4.